The lowest BCUT2D eigenvalue weighted by atomic mass is 10.2. The van der Waals surface area contributed by atoms with E-state index in [4.69, 9.17) is 9.84 Å². The molecule has 1 fully saturated rings. The van der Waals surface area contributed by atoms with Crippen molar-refractivity contribution in [1.29, 1.82) is 0 Å². The van der Waals surface area contributed by atoms with Crippen LogP contribution in [-0.2, 0) is 4.74 Å². The number of hydrogen-bond donors (Lipinski definition) is 2. The molecule has 102 valence electrons. The quantitative estimate of drug-likeness (QED) is 0.870. The van der Waals surface area contributed by atoms with Crippen LogP contribution in [0.5, 0.6) is 0 Å². The van der Waals surface area contributed by atoms with Crippen LogP contribution >= 0.6 is 15.9 Å². The van der Waals surface area contributed by atoms with Gasteiger partial charge in [-0.05, 0) is 34.1 Å². The van der Waals surface area contributed by atoms with Gasteiger partial charge >= 0.3 is 12.0 Å². The molecule has 0 spiro atoms. The molecule has 1 aromatic rings. The highest BCUT2D eigenvalue weighted by Crippen LogP contribution is 2.24. The van der Waals surface area contributed by atoms with E-state index < -0.39 is 5.97 Å². The van der Waals surface area contributed by atoms with Crippen LogP contribution in [0.3, 0.4) is 0 Å². The molecule has 1 aromatic carbocycles. The topological polar surface area (TPSA) is 78.9 Å². The Morgan fingerprint density at radius 3 is 2.58 bits per heavy atom. The van der Waals surface area contributed by atoms with Gasteiger partial charge in [0.05, 0.1) is 24.5 Å². The van der Waals surface area contributed by atoms with E-state index in [-0.39, 0.29) is 11.6 Å². The van der Waals surface area contributed by atoms with E-state index >= 15 is 0 Å². The third kappa shape index (κ3) is 3.45. The number of nitrogens with one attached hydrogen (secondary N) is 1. The Kier molecular flexibility index (Phi) is 4.39. The molecule has 1 saturated heterocycles. The maximum atomic E-state index is 12.0. The Hall–Kier alpha value is -1.60. The smallest absolute Gasteiger partial charge is 0.335 e. The molecule has 0 bridgehead atoms. The number of hydrogen-bond acceptors (Lipinski definition) is 3. The Morgan fingerprint density at radius 2 is 2.00 bits per heavy atom. The molecule has 19 heavy (non-hydrogen) atoms. The van der Waals surface area contributed by atoms with Crippen LogP contribution < -0.4 is 5.32 Å². The summed E-state index contributed by atoms with van der Waals surface area (Å²) in [5.74, 6) is -1.01. The number of urea groups is 1. The second-order valence-electron chi connectivity index (χ2n) is 4.03. The molecule has 2 amide bonds. The summed E-state index contributed by atoms with van der Waals surface area (Å²) in [6.45, 7) is 2.17. The number of anilines is 1. The molecule has 0 unspecified atom stereocenters. The number of carboxylic acid groups (broad SMARTS) is 1. The van der Waals surface area contributed by atoms with Gasteiger partial charge in [-0.1, -0.05) is 0 Å². The second kappa shape index (κ2) is 6.03. The highest BCUT2D eigenvalue weighted by molar-refractivity contribution is 9.10. The van der Waals surface area contributed by atoms with Gasteiger partial charge in [-0.15, -0.1) is 0 Å². The SMILES string of the molecule is O=C(O)c1ccc(NC(=O)N2CCOCC2)c(Br)c1. The zero-order chi connectivity index (χ0) is 13.8. The molecular weight excluding hydrogens is 316 g/mol. The molecule has 0 aliphatic carbocycles. The Labute approximate surface area is 118 Å². The van der Waals surface area contributed by atoms with Crippen molar-refractivity contribution in [3.8, 4) is 0 Å². The highest BCUT2D eigenvalue weighted by atomic mass is 79.9. The maximum Gasteiger partial charge on any atom is 0.335 e. The van der Waals surface area contributed by atoms with E-state index in [0.29, 0.717) is 36.5 Å². The van der Waals surface area contributed by atoms with E-state index in [2.05, 4.69) is 21.2 Å². The Morgan fingerprint density at radius 1 is 1.32 bits per heavy atom. The predicted molar refractivity (Wildman–Crippen MR) is 72.5 cm³/mol. The molecule has 2 rings (SSSR count). The second-order valence-corrected chi connectivity index (χ2v) is 4.88. The van der Waals surface area contributed by atoms with E-state index in [9.17, 15) is 9.59 Å². The summed E-state index contributed by atoms with van der Waals surface area (Å²) < 4.78 is 5.71. The zero-order valence-electron chi connectivity index (χ0n) is 10.1. The Balaban J connectivity index is 2.06. The molecule has 2 N–H and O–H groups in total. The van der Waals surface area contributed by atoms with Crippen molar-refractivity contribution in [1.82, 2.24) is 4.90 Å². The van der Waals surface area contributed by atoms with Crippen molar-refractivity contribution < 1.29 is 19.4 Å². The largest absolute Gasteiger partial charge is 0.478 e. The Bertz CT molecular complexity index is 501. The lowest BCUT2D eigenvalue weighted by Gasteiger charge is -2.27. The summed E-state index contributed by atoms with van der Waals surface area (Å²) in [7, 11) is 0. The molecule has 0 radical (unpaired) electrons. The summed E-state index contributed by atoms with van der Waals surface area (Å²) in [5, 5.41) is 11.6. The van der Waals surface area contributed by atoms with Gasteiger partial charge < -0.3 is 20.1 Å². The van der Waals surface area contributed by atoms with Gasteiger partial charge in [-0.3, -0.25) is 0 Å². The molecule has 6 nitrogen and oxygen atoms in total. The molecule has 1 aliphatic heterocycles. The first-order valence-electron chi connectivity index (χ1n) is 5.74. The summed E-state index contributed by atoms with van der Waals surface area (Å²) >= 11 is 3.25. The fourth-order valence-corrected chi connectivity index (χ4v) is 2.19. The number of aromatic carboxylic acids is 1. The summed E-state index contributed by atoms with van der Waals surface area (Å²) in [5.41, 5.74) is 0.706. The van der Waals surface area contributed by atoms with Crippen LogP contribution in [0, 0.1) is 0 Å². The van der Waals surface area contributed by atoms with Crippen LogP contribution in [0.15, 0.2) is 22.7 Å². The average Bonchev–Trinajstić information content (AvgIpc) is 2.41. The monoisotopic (exact) mass is 328 g/mol. The first-order valence-corrected chi connectivity index (χ1v) is 6.54. The molecule has 7 heteroatoms. The van der Waals surface area contributed by atoms with E-state index in [0.717, 1.165) is 0 Å². The molecule has 1 aliphatic rings. The van der Waals surface area contributed by atoms with Crippen molar-refractivity contribution >= 4 is 33.6 Å². The van der Waals surface area contributed by atoms with Gasteiger partial charge in [0.15, 0.2) is 0 Å². The highest BCUT2D eigenvalue weighted by Gasteiger charge is 2.17. The van der Waals surface area contributed by atoms with E-state index in [1.54, 1.807) is 11.0 Å². The number of carboxylic acids is 1. The number of benzene rings is 1. The number of carbonyl (C=O) groups excluding carboxylic acids is 1. The van der Waals surface area contributed by atoms with Crippen molar-refractivity contribution in [3.05, 3.63) is 28.2 Å². The predicted octanol–water partition coefficient (Wildman–Crippen LogP) is 2.01. The van der Waals surface area contributed by atoms with Gasteiger partial charge in [0.1, 0.15) is 0 Å². The van der Waals surface area contributed by atoms with Gasteiger partial charge in [0.2, 0.25) is 0 Å². The summed E-state index contributed by atoms with van der Waals surface area (Å²) in [4.78, 5) is 24.4. The van der Waals surface area contributed by atoms with Gasteiger partial charge in [-0.2, -0.15) is 0 Å². The maximum absolute atomic E-state index is 12.0. The van der Waals surface area contributed by atoms with Gasteiger partial charge in [0.25, 0.3) is 0 Å². The number of ether oxygens (including phenoxy) is 1. The van der Waals surface area contributed by atoms with E-state index in [1.807, 2.05) is 0 Å². The first kappa shape index (κ1) is 13.8. The van der Waals surface area contributed by atoms with Crippen LogP contribution in [0.1, 0.15) is 10.4 Å². The minimum Gasteiger partial charge on any atom is -0.478 e. The minimum atomic E-state index is -1.01. The number of amides is 2. The summed E-state index contributed by atoms with van der Waals surface area (Å²) in [6.07, 6.45) is 0. The van der Waals surface area contributed by atoms with Crippen LogP contribution in [0.4, 0.5) is 10.5 Å². The van der Waals surface area contributed by atoms with Crippen LogP contribution in [-0.4, -0.2) is 48.3 Å². The number of carbonyl (C=O) groups is 2. The molecular formula is C12H13BrN2O4. The van der Waals surface area contributed by atoms with Gasteiger partial charge in [0, 0.05) is 17.6 Å². The third-order valence-corrected chi connectivity index (χ3v) is 3.41. The molecule has 0 saturated carbocycles. The molecule has 0 aromatic heterocycles. The molecule has 0 atom stereocenters. The van der Waals surface area contributed by atoms with Crippen molar-refractivity contribution in [2.45, 2.75) is 0 Å². The normalized spacial score (nSPS) is 15.1. The van der Waals surface area contributed by atoms with Crippen molar-refractivity contribution in [2.75, 3.05) is 31.6 Å². The fraction of sp³-hybridized carbons (Fsp3) is 0.333. The number of halogens is 1. The van der Waals surface area contributed by atoms with Gasteiger partial charge in [-0.25, -0.2) is 9.59 Å². The van der Waals surface area contributed by atoms with Crippen molar-refractivity contribution in [3.63, 3.8) is 0 Å². The number of morpholine rings is 1. The number of nitrogens with zero attached hydrogens (tertiary/aromatic N) is 1. The standard InChI is InChI=1S/C12H13BrN2O4/c13-9-7-8(11(16)17)1-2-10(9)14-12(18)15-3-5-19-6-4-15/h1-2,7H,3-6H2,(H,14,18)(H,16,17). The van der Waals surface area contributed by atoms with Crippen molar-refractivity contribution in [2.24, 2.45) is 0 Å². The van der Waals surface area contributed by atoms with Crippen LogP contribution in [0.25, 0.3) is 0 Å². The fourth-order valence-electron chi connectivity index (χ4n) is 1.71. The number of rotatable bonds is 2. The lowest BCUT2D eigenvalue weighted by Crippen LogP contribution is -2.43. The van der Waals surface area contributed by atoms with E-state index in [1.165, 1.54) is 12.1 Å². The average molecular weight is 329 g/mol. The summed E-state index contributed by atoms with van der Waals surface area (Å²) in [6, 6.07) is 4.25. The zero-order valence-corrected chi connectivity index (χ0v) is 11.6. The third-order valence-electron chi connectivity index (χ3n) is 2.76. The molecule has 1 heterocycles. The first-order chi connectivity index (χ1) is 9.08. The van der Waals surface area contributed by atoms with Crippen LogP contribution in [0.2, 0.25) is 0 Å². The lowest BCUT2D eigenvalue weighted by molar-refractivity contribution is 0.0564. The minimum absolute atomic E-state index is 0.163.